The second kappa shape index (κ2) is 6.11. The molecule has 138 valence electrons. The number of halogens is 3. The van der Waals surface area contributed by atoms with Gasteiger partial charge in [-0.1, -0.05) is 24.3 Å². The van der Waals surface area contributed by atoms with Crippen molar-refractivity contribution in [2.75, 3.05) is 14.2 Å². The summed E-state index contributed by atoms with van der Waals surface area (Å²) in [7, 11) is 4.58. The van der Waals surface area contributed by atoms with E-state index in [1.54, 1.807) is 24.3 Å². The average molecular weight is 365 g/mol. The van der Waals surface area contributed by atoms with Gasteiger partial charge in [0.2, 0.25) is 0 Å². The lowest BCUT2D eigenvalue weighted by molar-refractivity contribution is -0.269. The summed E-state index contributed by atoms with van der Waals surface area (Å²) in [4.78, 5) is 3.68. The Morgan fingerprint density at radius 1 is 1.15 bits per heavy atom. The minimum absolute atomic E-state index is 0.214. The third kappa shape index (κ3) is 2.87. The zero-order valence-electron chi connectivity index (χ0n) is 14.6. The number of rotatable bonds is 4. The third-order valence-electron chi connectivity index (χ3n) is 4.96. The highest BCUT2D eigenvalue weighted by Gasteiger charge is 2.57. The molecule has 0 radical (unpaired) electrons. The maximum absolute atomic E-state index is 12.8. The van der Waals surface area contributed by atoms with Crippen molar-refractivity contribution in [2.45, 2.75) is 30.2 Å². The predicted octanol–water partition coefficient (Wildman–Crippen LogP) is 3.65. The Kier molecular flexibility index (Phi) is 4.33. The fourth-order valence-electron chi connectivity index (χ4n) is 3.40. The molecule has 0 atom stereocenters. The Morgan fingerprint density at radius 3 is 2.15 bits per heavy atom. The van der Waals surface area contributed by atoms with Gasteiger partial charge in [-0.2, -0.15) is 18.4 Å². The first-order chi connectivity index (χ1) is 12.2. The number of nitrogens with zero attached hydrogens (tertiary/aromatic N) is 3. The summed E-state index contributed by atoms with van der Waals surface area (Å²) in [6.07, 6.45) is -2.75. The number of alkyl halides is 3. The van der Waals surface area contributed by atoms with Gasteiger partial charge < -0.3 is 14.0 Å². The van der Waals surface area contributed by atoms with Crippen molar-refractivity contribution >= 4 is 0 Å². The highest BCUT2D eigenvalue weighted by molar-refractivity contribution is 5.58. The van der Waals surface area contributed by atoms with Crippen LogP contribution in [0, 0.1) is 11.3 Å². The molecule has 1 aliphatic rings. The molecule has 0 bridgehead atoms. The molecule has 26 heavy (non-hydrogen) atoms. The largest absolute Gasteiger partial charge is 0.434 e. The fraction of sp³-hybridized carbons (Fsp3) is 0.444. The molecule has 1 aromatic carbocycles. The highest BCUT2D eigenvalue weighted by Crippen LogP contribution is 2.52. The summed E-state index contributed by atoms with van der Waals surface area (Å²) < 4.78 is 50.5. The average Bonchev–Trinajstić information content (AvgIpc) is 2.98. The molecule has 0 unspecified atom stereocenters. The Bertz CT molecular complexity index is 838. The maximum Gasteiger partial charge on any atom is 0.434 e. The predicted molar refractivity (Wildman–Crippen MR) is 86.9 cm³/mol. The number of hydrogen-bond acceptors (Lipinski definition) is 4. The highest BCUT2D eigenvalue weighted by atomic mass is 19.4. The number of benzene rings is 1. The number of nitriles is 1. The normalized spacial score (nSPS) is 18.2. The molecule has 2 aromatic rings. The second-order valence-corrected chi connectivity index (χ2v) is 6.50. The monoisotopic (exact) mass is 365 g/mol. The van der Waals surface area contributed by atoms with Crippen LogP contribution in [0.3, 0.4) is 0 Å². The molecule has 8 heteroatoms. The van der Waals surface area contributed by atoms with Gasteiger partial charge >= 0.3 is 6.18 Å². The van der Waals surface area contributed by atoms with Crippen LogP contribution in [0.25, 0.3) is 11.4 Å². The Labute approximate surface area is 149 Å². The topological polar surface area (TPSA) is 60.1 Å². The minimum Gasteiger partial charge on any atom is -0.353 e. The van der Waals surface area contributed by atoms with Crippen molar-refractivity contribution in [3.05, 3.63) is 41.7 Å². The lowest BCUT2D eigenvalue weighted by atomic mass is 9.61. The molecule has 0 saturated heterocycles. The summed E-state index contributed by atoms with van der Waals surface area (Å²) in [6.45, 7) is 0. The van der Waals surface area contributed by atoms with Crippen LogP contribution in [0.15, 0.2) is 30.5 Å². The first kappa shape index (κ1) is 18.4. The fourth-order valence-corrected chi connectivity index (χ4v) is 3.40. The summed E-state index contributed by atoms with van der Waals surface area (Å²) in [5.41, 5.74) is -0.345. The van der Waals surface area contributed by atoms with Crippen molar-refractivity contribution < 1.29 is 22.6 Å². The van der Waals surface area contributed by atoms with Crippen LogP contribution >= 0.6 is 0 Å². The lowest BCUT2D eigenvalue weighted by Gasteiger charge is -2.50. The van der Waals surface area contributed by atoms with Gasteiger partial charge in [-0.05, 0) is 5.56 Å². The van der Waals surface area contributed by atoms with Crippen LogP contribution in [0.5, 0.6) is 0 Å². The molecule has 0 aliphatic heterocycles. The molecule has 0 spiro atoms. The number of aromatic nitrogens is 2. The molecule has 1 aliphatic carbocycles. The van der Waals surface area contributed by atoms with Crippen molar-refractivity contribution in [3.63, 3.8) is 0 Å². The van der Waals surface area contributed by atoms with Crippen molar-refractivity contribution in [1.29, 1.82) is 5.26 Å². The van der Waals surface area contributed by atoms with Gasteiger partial charge in [0.05, 0.1) is 11.5 Å². The van der Waals surface area contributed by atoms with Gasteiger partial charge in [0.15, 0.2) is 11.5 Å². The zero-order chi connectivity index (χ0) is 19.2. The van der Waals surface area contributed by atoms with Gasteiger partial charge in [-0.25, -0.2) is 4.98 Å². The summed E-state index contributed by atoms with van der Waals surface area (Å²) >= 11 is 0. The van der Waals surface area contributed by atoms with E-state index in [-0.39, 0.29) is 5.82 Å². The first-order valence-electron chi connectivity index (χ1n) is 7.92. The molecular formula is C18H18F3N3O2. The smallest absolute Gasteiger partial charge is 0.353 e. The zero-order valence-corrected chi connectivity index (χ0v) is 14.6. The Hall–Kier alpha value is -2.37. The van der Waals surface area contributed by atoms with E-state index in [0.29, 0.717) is 18.4 Å². The molecule has 1 saturated carbocycles. The Morgan fingerprint density at radius 2 is 1.73 bits per heavy atom. The first-order valence-corrected chi connectivity index (χ1v) is 7.92. The number of methoxy groups -OCH3 is 2. The van der Waals surface area contributed by atoms with E-state index in [4.69, 9.17) is 9.47 Å². The number of imidazole rings is 1. The molecule has 5 nitrogen and oxygen atoms in total. The van der Waals surface area contributed by atoms with Crippen LogP contribution in [0.2, 0.25) is 0 Å². The van der Waals surface area contributed by atoms with Crippen LogP contribution in [0.1, 0.15) is 24.1 Å². The number of aryl methyl sites for hydroxylation is 1. The van der Waals surface area contributed by atoms with Gasteiger partial charge in [-0.3, -0.25) is 0 Å². The summed E-state index contributed by atoms with van der Waals surface area (Å²) in [6, 6.07) is 9.17. The molecule has 3 rings (SSSR count). The third-order valence-corrected chi connectivity index (χ3v) is 4.96. The molecule has 1 fully saturated rings. The van der Waals surface area contributed by atoms with Crippen molar-refractivity contribution in [2.24, 2.45) is 7.05 Å². The molecule has 0 amide bonds. The van der Waals surface area contributed by atoms with Crippen LogP contribution in [0.4, 0.5) is 13.2 Å². The van der Waals surface area contributed by atoms with Gasteiger partial charge in [0.25, 0.3) is 0 Å². The van der Waals surface area contributed by atoms with E-state index in [1.165, 1.54) is 25.8 Å². The molecule has 1 heterocycles. The van der Waals surface area contributed by atoms with Gasteiger partial charge in [-0.15, -0.1) is 0 Å². The van der Waals surface area contributed by atoms with Gasteiger partial charge in [0, 0.05) is 45.9 Å². The number of ether oxygens (including phenoxy) is 2. The summed E-state index contributed by atoms with van der Waals surface area (Å²) in [5.74, 6) is -0.554. The lowest BCUT2D eigenvalue weighted by Crippen LogP contribution is -2.56. The molecule has 0 N–H and O–H groups in total. The van der Waals surface area contributed by atoms with E-state index < -0.39 is 23.1 Å². The van der Waals surface area contributed by atoms with E-state index in [2.05, 4.69) is 11.1 Å². The van der Waals surface area contributed by atoms with Crippen molar-refractivity contribution in [3.8, 4) is 17.5 Å². The minimum atomic E-state index is -4.49. The van der Waals surface area contributed by atoms with Crippen molar-refractivity contribution in [1.82, 2.24) is 9.55 Å². The van der Waals surface area contributed by atoms with E-state index in [1.807, 2.05) is 0 Å². The van der Waals surface area contributed by atoms with Crippen LogP contribution < -0.4 is 0 Å². The molecule has 1 aromatic heterocycles. The Balaban J connectivity index is 1.88. The van der Waals surface area contributed by atoms with Gasteiger partial charge in [0.1, 0.15) is 5.82 Å². The second-order valence-electron chi connectivity index (χ2n) is 6.50. The van der Waals surface area contributed by atoms with E-state index in [0.717, 1.165) is 11.8 Å². The summed E-state index contributed by atoms with van der Waals surface area (Å²) in [5, 5.41) is 9.63. The maximum atomic E-state index is 12.8. The van der Waals surface area contributed by atoms with E-state index in [9.17, 15) is 18.4 Å². The number of hydrogen-bond donors (Lipinski definition) is 0. The van der Waals surface area contributed by atoms with Crippen LogP contribution in [-0.2, 0) is 28.1 Å². The quantitative estimate of drug-likeness (QED) is 0.776. The van der Waals surface area contributed by atoms with Crippen LogP contribution in [-0.4, -0.2) is 29.6 Å². The van der Waals surface area contributed by atoms with E-state index >= 15 is 0 Å². The SMILES string of the molecule is COC1(OC)CC(C#N)(c2ccc(-c3nc(C(F)(F)F)cn3C)cc2)C1. The molecular weight excluding hydrogens is 347 g/mol. The standard InChI is InChI=1S/C18H18F3N3O2/c1-24-8-14(18(19,20)21)23-15(24)12-4-6-13(7-5-12)16(11-22)9-17(10-16,25-2)26-3/h4-8H,9-10H2,1-3H3.